The van der Waals surface area contributed by atoms with Crippen LogP contribution in [0.2, 0.25) is 0 Å². The number of amides is 7. The topological polar surface area (TPSA) is 521 Å². The highest BCUT2D eigenvalue weighted by atomic mass is 16.2. The normalized spacial score (nSPS) is 14.2. The minimum absolute atomic E-state index is 0.0460. The highest BCUT2D eigenvalue weighted by Gasteiger charge is 2.35. The van der Waals surface area contributed by atoms with Gasteiger partial charge in [0, 0.05) is 37.9 Å². The van der Waals surface area contributed by atoms with Crippen LogP contribution >= 0.6 is 0 Å². The number of aromatic amines is 1. The van der Waals surface area contributed by atoms with Crippen LogP contribution in [0.1, 0.15) is 117 Å². The van der Waals surface area contributed by atoms with E-state index in [9.17, 15) is 38.4 Å². The average Bonchev–Trinajstić information content (AvgIpc) is 3.87. The van der Waals surface area contributed by atoms with Gasteiger partial charge < -0.3 is 98.6 Å². The number of imidazole rings is 1. The first-order valence-electron chi connectivity index (χ1n) is 25.9. The molecule has 7 amide bonds. The molecule has 0 spiro atoms. The third-order valence-electron chi connectivity index (χ3n) is 11.7. The molecule has 1 rings (SSSR count). The summed E-state index contributed by atoms with van der Waals surface area (Å²) >= 11 is 0. The second kappa shape index (κ2) is 37.6. The zero-order valence-electron chi connectivity index (χ0n) is 44.7. The number of carbonyl (C=O) groups is 8. The van der Waals surface area contributed by atoms with Gasteiger partial charge in [-0.1, -0.05) is 34.1 Å². The zero-order valence-corrected chi connectivity index (χ0v) is 44.7. The number of aromatic nitrogens is 2. The number of hydrogen-bond donors (Lipinski definition) is 17. The van der Waals surface area contributed by atoms with E-state index < -0.39 is 95.6 Å². The number of nitrogens with two attached hydrogens (primary N) is 9. The molecule has 8 atom stereocenters. The van der Waals surface area contributed by atoms with E-state index in [0.717, 1.165) is 0 Å². The summed E-state index contributed by atoms with van der Waals surface area (Å²) in [6.45, 7) is 8.18. The van der Waals surface area contributed by atoms with Crippen LogP contribution in [0.5, 0.6) is 0 Å². The minimum Gasteiger partial charge on any atom is -0.370 e. The van der Waals surface area contributed by atoms with E-state index in [1.54, 1.807) is 13.8 Å². The Morgan fingerprint density at radius 2 is 0.961 bits per heavy atom. The first-order chi connectivity index (χ1) is 36.0. The Bertz CT molecular complexity index is 2020. The summed E-state index contributed by atoms with van der Waals surface area (Å²) in [6.07, 6.45) is 6.91. The number of aldehydes is 1. The van der Waals surface area contributed by atoms with E-state index in [1.807, 2.05) is 13.8 Å². The van der Waals surface area contributed by atoms with E-state index in [1.165, 1.54) is 12.5 Å². The van der Waals surface area contributed by atoms with E-state index in [4.69, 9.17) is 51.6 Å². The average molecular weight is 1080 g/mol. The highest BCUT2D eigenvalue weighted by Crippen LogP contribution is 2.12. The molecule has 430 valence electrons. The van der Waals surface area contributed by atoms with Crippen LogP contribution in [0.3, 0.4) is 0 Å². The van der Waals surface area contributed by atoms with Gasteiger partial charge in [0.1, 0.15) is 42.5 Å². The third-order valence-corrected chi connectivity index (χ3v) is 11.7. The molecule has 0 saturated heterocycles. The Labute approximate surface area is 445 Å². The van der Waals surface area contributed by atoms with Crippen LogP contribution in [0.4, 0.5) is 0 Å². The van der Waals surface area contributed by atoms with Crippen LogP contribution in [0.15, 0.2) is 27.5 Å². The maximum Gasteiger partial charge on any atom is 0.243 e. The SMILES string of the molecule is CC(C)C[C@H](NC(=O)[C@@H](NC(=O)[C@H](CCCCN)NC(=O)[C@H](CCCN=C(N)N)NC(=O)[C@H](Cc1cnc[nH]1)NC(=O)[C@H](CCCN=C(N)N)NC(=O)[C@@H](N)CCCCN)C(C)C)C(=O)N[C@H](C=O)CCCN=C(N)N. The molecule has 0 unspecified atom stereocenters. The van der Waals surface area contributed by atoms with Crippen molar-refractivity contribution in [2.75, 3.05) is 32.7 Å². The summed E-state index contributed by atoms with van der Waals surface area (Å²) in [7, 11) is 0. The van der Waals surface area contributed by atoms with Crippen LogP contribution in [-0.4, -0.2) is 157 Å². The first-order valence-corrected chi connectivity index (χ1v) is 25.9. The van der Waals surface area contributed by atoms with Crippen molar-refractivity contribution < 1.29 is 38.4 Å². The minimum atomic E-state index is -1.37. The van der Waals surface area contributed by atoms with Gasteiger partial charge in [-0.05, 0) is 102 Å². The van der Waals surface area contributed by atoms with Crippen molar-refractivity contribution in [1.82, 2.24) is 47.2 Å². The number of guanidine groups is 3. The highest BCUT2D eigenvalue weighted by molar-refractivity contribution is 5.97. The molecule has 0 aromatic carbocycles. The lowest BCUT2D eigenvalue weighted by Gasteiger charge is -2.29. The second-order valence-corrected chi connectivity index (χ2v) is 19.2. The monoisotopic (exact) mass is 1080 g/mol. The summed E-state index contributed by atoms with van der Waals surface area (Å²) in [5.74, 6) is -6.11. The molecule has 0 saturated carbocycles. The third kappa shape index (κ3) is 28.5. The predicted molar refractivity (Wildman–Crippen MR) is 290 cm³/mol. The number of aliphatic imine (C=N–C) groups is 3. The van der Waals surface area contributed by atoms with Crippen molar-refractivity contribution in [1.29, 1.82) is 0 Å². The smallest absolute Gasteiger partial charge is 0.243 e. The molecule has 0 aliphatic rings. The summed E-state index contributed by atoms with van der Waals surface area (Å²) in [4.78, 5) is 129. The lowest BCUT2D eigenvalue weighted by atomic mass is 9.98. The Balaban J connectivity index is 3.55. The van der Waals surface area contributed by atoms with Gasteiger partial charge in [-0.25, -0.2) is 4.98 Å². The maximum absolute atomic E-state index is 14.4. The van der Waals surface area contributed by atoms with Gasteiger partial charge in [-0.2, -0.15) is 0 Å². The van der Waals surface area contributed by atoms with Gasteiger partial charge in [-0.3, -0.25) is 48.5 Å². The lowest BCUT2D eigenvalue weighted by Crippen LogP contribution is -2.61. The van der Waals surface area contributed by atoms with E-state index in [2.05, 4.69) is 62.2 Å². The molecule has 76 heavy (non-hydrogen) atoms. The second-order valence-electron chi connectivity index (χ2n) is 19.2. The predicted octanol–water partition coefficient (Wildman–Crippen LogP) is -5.01. The summed E-state index contributed by atoms with van der Waals surface area (Å²) in [6, 6.07) is -9.33. The van der Waals surface area contributed by atoms with Crippen molar-refractivity contribution in [3.8, 4) is 0 Å². The van der Waals surface area contributed by atoms with Gasteiger partial charge in [-0.15, -0.1) is 0 Å². The molecule has 0 fully saturated rings. The quantitative estimate of drug-likeness (QED) is 0.0127. The summed E-state index contributed by atoms with van der Waals surface area (Å²) < 4.78 is 0. The molecule has 29 heteroatoms. The molecule has 0 aliphatic carbocycles. The van der Waals surface area contributed by atoms with Gasteiger partial charge in [0.25, 0.3) is 0 Å². The molecule has 29 nitrogen and oxygen atoms in total. The van der Waals surface area contributed by atoms with Crippen molar-refractivity contribution in [2.24, 2.45) is 78.4 Å². The number of nitrogens with zero attached hydrogens (tertiary/aromatic N) is 4. The fourth-order valence-electron chi connectivity index (χ4n) is 7.60. The Kier molecular flexibility index (Phi) is 33.1. The van der Waals surface area contributed by atoms with Crippen molar-refractivity contribution in [3.05, 3.63) is 18.2 Å². The molecule has 1 heterocycles. The molecule has 26 N–H and O–H groups in total. The van der Waals surface area contributed by atoms with Crippen molar-refractivity contribution in [2.45, 2.75) is 166 Å². The fraction of sp³-hybridized carbons (Fsp3) is 0.702. The molecule has 1 aromatic rings. The number of hydrogen-bond acceptors (Lipinski definition) is 15. The van der Waals surface area contributed by atoms with E-state index >= 15 is 0 Å². The first kappa shape index (κ1) is 66.9. The van der Waals surface area contributed by atoms with E-state index in [-0.39, 0.29) is 101 Å². The standard InChI is InChI=1S/C47H89N21O8/c1-27(2)22-35(42(74)62-29(25-69)12-9-19-58-45(51)52)67-44(76)37(28(3)4)68-41(73)32(14-6-8-18-49)64-39(71)34(16-11-21-60-47(55)56)65-43(75)36(23-30-24-57-26-61-30)66-40(72)33(15-10-20-59-46(53)54)63-38(70)31(50)13-5-7-17-48/h24-29,31-37H,5-23,48-50H2,1-4H3,(H,57,61)(H,62,74)(H,63,70)(H,64,71)(H,65,75)(H,66,72)(H,67,76)(H,68,73)(H4,51,52,58)(H4,53,54,59)(H4,55,56,60)/t29-,31-,32-,33-,34-,35-,36-,37-/m0/s1. The van der Waals surface area contributed by atoms with E-state index in [0.29, 0.717) is 57.0 Å². The van der Waals surface area contributed by atoms with Crippen LogP contribution in [0, 0.1) is 11.8 Å². The number of H-pyrrole nitrogens is 1. The number of nitrogens with one attached hydrogen (secondary N) is 8. The maximum atomic E-state index is 14.4. The molecule has 0 aliphatic heterocycles. The Hall–Kier alpha value is -7.14. The van der Waals surface area contributed by atoms with Crippen molar-refractivity contribution in [3.63, 3.8) is 0 Å². The van der Waals surface area contributed by atoms with Gasteiger partial charge in [0.15, 0.2) is 17.9 Å². The van der Waals surface area contributed by atoms with Gasteiger partial charge in [0.2, 0.25) is 41.4 Å². The zero-order chi connectivity index (χ0) is 57.2. The largest absolute Gasteiger partial charge is 0.370 e. The molecular formula is C47H89N21O8. The van der Waals surface area contributed by atoms with Gasteiger partial charge in [0.05, 0.1) is 18.4 Å². The molecule has 1 aromatic heterocycles. The summed E-state index contributed by atoms with van der Waals surface area (Å²) in [5, 5.41) is 19.0. The number of carbonyl (C=O) groups excluding carboxylic acids is 8. The summed E-state index contributed by atoms with van der Waals surface area (Å²) in [5.41, 5.74) is 50.8. The molecular weight excluding hydrogens is 987 g/mol. The van der Waals surface area contributed by atoms with Crippen LogP contribution < -0.4 is 88.8 Å². The lowest BCUT2D eigenvalue weighted by molar-refractivity contribution is -0.136. The Morgan fingerprint density at radius 3 is 1.41 bits per heavy atom. The number of unbranched alkanes of at least 4 members (excludes halogenated alkanes) is 2. The fourth-order valence-corrected chi connectivity index (χ4v) is 7.60. The van der Waals surface area contributed by atoms with Crippen LogP contribution in [-0.2, 0) is 44.8 Å². The Morgan fingerprint density at radius 1 is 0.539 bits per heavy atom. The van der Waals surface area contributed by atoms with Crippen LogP contribution in [0.25, 0.3) is 0 Å². The molecule has 0 bridgehead atoms. The number of rotatable bonds is 40. The van der Waals surface area contributed by atoms with Gasteiger partial charge >= 0.3 is 0 Å². The molecule has 0 radical (unpaired) electrons. The van der Waals surface area contributed by atoms with Crippen molar-refractivity contribution >= 4 is 65.5 Å².